The van der Waals surface area contributed by atoms with Gasteiger partial charge in [0.1, 0.15) is 10.8 Å². The zero-order valence-electron chi connectivity index (χ0n) is 9.34. The van der Waals surface area contributed by atoms with Crippen LogP contribution in [0.4, 0.5) is 4.39 Å². The molecule has 1 N–H and O–H groups in total. The smallest absolute Gasteiger partial charge is 0.133 e. The first-order chi connectivity index (χ1) is 8.20. The largest absolute Gasteiger partial charge is 0.311 e. The summed E-state index contributed by atoms with van der Waals surface area (Å²) >= 11 is 4.80. The van der Waals surface area contributed by atoms with Crippen molar-refractivity contribution in [3.63, 3.8) is 0 Å². The molecular weight excluding hydrogens is 303 g/mol. The summed E-state index contributed by atoms with van der Waals surface area (Å²) < 4.78 is 14.5. The molecule has 1 aromatic carbocycles. The number of nitrogens with zero attached hydrogens (tertiary/aromatic N) is 1. The van der Waals surface area contributed by atoms with Gasteiger partial charge in [0.15, 0.2) is 0 Å². The summed E-state index contributed by atoms with van der Waals surface area (Å²) in [6.07, 6.45) is 0. The quantitative estimate of drug-likeness (QED) is 0.928. The molecule has 90 valence electrons. The minimum atomic E-state index is -0.238. The number of halogens is 2. The number of rotatable bonds is 4. The van der Waals surface area contributed by atoms with E-state index in [1.54, 1.807) is 12.1 Å². The van der Waals surface area contributed by atoms with Crippen LogP contribution in [0.3, 0.4) is 0 Å². The van der Waals surface area contributed by atoms with Gasteiger partial charge in [0.25, 0.3) is 0 Å². The summed E-state index contributed by atoms with van der Waals surface area (Å²) in [4.78, 5) is 4.42. The number of aromatic nitrogens is 1. The Labute approximate surface area is 112 Å². The van der Waals surface area contributed by atoms with Gasteiger partial charge in [0.2, 0.25) is 0 Å². The Kier molecular flexibility index (Phi) is 4.25. The van der Waals surface area contributed by atoms with E-state index in [4.69, 9.17) is 0 Å². The van der Waals surface area contributed by atoms with Crippen LogP contribution in [0.15, 0.2) is 28.1 Å². The number of hydrogen-bond donors (Lipinski definition) is 1. The minimum Gasteiger partial charge on any atom is -0.311 e. The SMILES string of the molecule is CCNCc1csc(-c2cc(Br)ccc2F)n1. The van der Waals surface area contributed by atoms with E-state index in [0.29, 0.717) is 5.56 Å². The van der Waals surface area contributed by atoms with Gasteiger partial charge in [-0.15, -0.1) is 11.3 Å². The molecule has 0 aliphatic heterocycles. The van der Waals surface area contributed by atoms with E-state index < -0.39 is 0 Å². The lowest BCUT2D eigenvalue weighted by Gasteiger charge is -2.00. The lowest BCUT2D eigenvalue weighted by Crippen LogP contribution is -2.11. The van der Waals surface area contributed by atoms with Gasteiger partial charge in [-0.1, -0.05) is 22.9 Å². The van der Waals surface area contributed by atoms with Crippen molar-refractivity contribution in [3.8, 4) is 10.6 Å². The van der Waals surface area contributed by atoms with Crippen molar-refractivity contribution in [2.24, 2.45) is 0 Å². The van der Waals surface area contributed by atoms with Crippen molar-refractivity contribution < 1.29 is 4.39 Å². The van der Waals surface area contributed by atoms with Crippen molar-refractivity contribution in [3.05, 3.63) is 39.6 Å². The Morgan fingerprint density at radius 1 is 1.47 bits per heavy atom. The Morgan fingerprint density at radius 3 is 3.06 bits per heavy atom. The van der Waals surface area contributed by atoms with Crippen LogP contribution >= 0.6 is 27.3 Å². The number of nitrogens with one attached hydrogen (secondary N) is 1. The van der Waals surface area contributed by atoms with Crippen LogP contribution in [-0.4, -0.2) is 11.5 Å². The fourth-order valence-electron chi connectivity index (χ4n) is 1.43. The zero-order valence-corrected chi connectivity index (χ0v) is 11.7. The van der Waals surface area contributed by atoms with Gasteiger partial charge in [0, 0.05) is 22.0 Å². The molecule has 0 radical (unpaired) electrons. The van der Waals surface area contributed by atoms with Crippen LogP contribution < -0.4 is 5.32 Å². The molecule has 5 heteroatoms. The van der Waals surface area contributed by atoms with Gasteiger partial charge in [-0.25, -0.2) is 9.37 Å². The average Bonchev–Trinajstić information content (AvgIpc) is 2.78. The summed E-state index contributed by atoms with van der Waals surface area (Å²) in [7, 11) is 0. The molecule has 0 aliphatic rings. The van der Waals surface area contributed by atoms with E-state index in [-0.39, 0.29) is 5.82 Å². The van der Waals surface area contributed by atoms with Gasteiger partial charge in [-0.3, -0.25) is 0 Å². The number of thiazole rings is 1. The molecule has 0 fully saturated rings. The summed E-state index contributed by atoms with van der Waals surface area (Å²) in [6.45, 7) is 3.67. The molecule has 2 rings (SSSR count). The van der Waals surface area contributed by atoms with Gasteiger partial charge in [-0.05, 0) is 24.7 Å². The molecule has 0 amide bonds. The molecular formula is C12H12BrFN2S. The Hall–Kier alpha value is -0.780. The third kappa shape index (κ3) is 3.12. The van der Waals surface area contributed by atoms with Crippen LogP contribution in [0.1, 0.15) is 12.6 Å². The summed E-state index contributed by atoms with van der Waals surface area (Å²) in [5.74, 6) is -0.238. The van der Waals surface area contributed by atoms with Crippen molar-refractivity contribution in [1.29, 1.82) is 0 Å². The van der Waals surface area contributed by atoms with Gasteiger partial charge < -0.3 is 5.32 Å². The van der Waals surface area contributed by atoms with E-state index in [1.807, 2.05) is 12.3 Å². The lowest BCUT2D eigenvalue weighted by atomic mass is 10.2. The average molecular weight is 315 g/mol. The Balaban J connectivity index is 2.27. The van der Waals surface area contributed by atoms with Gasteiger partial charge in [-0.2, -0.15) is 0 Å². The fraction of sp³-hybridized carbons (Fsp3) is 0.250. The predicted molar refractivity (Wildman–Crippen MR) is 72.6 cm³/mol. The van der Waals surface area contributed by atoms with Crippen LogP contribution in [0.25, 0.3) is 10.6 Å². The molecule has 0 spiro atoms. The molecule has 0 atom stereocenters. The molecule has 2 aromatic rings. The maximum absolute atomic E-state index is 13.6. The van der Waals surface area contributed by atoms with E-state index >= 15 is 0 Å². The fourth-order valence-corrected chi connectivity index (χ4v) is 2.62. The second kappa shape index (κ2) is 5.71. The first-order valence-electron chi connectivity index (χ1n) is 5.31. The first-order valence-corrected chi connectivity index (χ1v) is 6.98. The zero-order chi connectivity index (χ0) is 12.3. The molecule has 1 aromatic heterocycles. The van der Waals surface area contributed by atoms with Gasteiger partial charge in [0.05, 0.1) is 5.69 Å². The van der Waals surface area contributed by atoms with Crippen molar-refractivity contribution >= 4 is 27.3 Å². The maximum Gasteiger partial charge on any atom is 0.133 e. The molecule has 0 unspecified atom stereocenters. The second-order valence-electron chi connectivity index (χ2n) is 3.55. The molecule has 0 aliphatic carbocycles. The molecule has 1 heterocycles. The highest BCUT2D eigenvalue weighted by atomic mass is 79.9. The topological polar surface area (TPSA) is 24.9 Å². The number of hydrogen-bond acceptors (Lipinski definition) is 3. The van der Waals surface area contributed by atoms with Crippen LogP contribution in [0, 0.1) is 5.82 Å². The van der Waals surface area contributed by atoms with Crippen LogP contribution in [0.2, 0.25) is 0 Å². The molecule has 0 saturated heterocycles. The third-order valence-electron chi connectivity index (χ3n) is 2.27. The highest BCUT2D eigenvalue weighted by molar-refractivity contribution is 9.10. The highest BCUT2D eigenvalue weighted by Crippen LogP contribution is 2.28. The van der Waals surface area contributed by atoms with E-state index in [9.17, 15) is 4.39 Å². The molecule has 2 nitrogen and oxygen atoms in total. The van der Waals surface area contributed by atoms with Crippen LogP contribution in [-0.2, 0) is 6.54 Å². The molecule has 0 saturated carbocycles. The second-order valence-corrected chi connectivity index (χ2v) is 5.32. The standard InChI is InChI=1S/C12H12BrFN2S/c1-2-15-6-9-7-17-12(16-9)10-5-8(13)3-4-11(10)14/h3-5,7,15H,2,6H2,1H3. The monoisotopic (exact) mass is 314 g/mol. The molecule has 17 heavy (non-hydrogen) atoms. The van der Waals surface area contributed by atoms with Crippen molar-refractivity contribution in [2.75, 3.05) is 6.54 Å². The molecule has 0 bridgehead atoms. The summed E-state index contributed by atoms with van der Waals surface area (Å²) in [5.41, 5.74) is 1.50. The highest BCUT2D eigenvalue weighted by Gasteiger charge is 2.10. The summed E-state index contributed by atoms with van der Waals surface area (Å²) in [5, 5.41) is 5.87. The third-order valence-corrected chi connectivity index (χ3v) is 3.68. The first kappa shape index (κ1) is 12.7. The minimum absolute atomic E-state index is 0.238. The van der Waals surface area contributed by atoms with E-state index in [0.717, 1.165) is 28.3 Å². The summed E-state index contributed by atoms with van der Waals surface area (Å²) in [6, 6.07) is 4.89. The van der Waals surface area contributed by atoms with Gasteiger partial charge >= 0.3 is 0 Å². The Bertz CT molecular complexity index is 513. The van der Waals surface area contributed by atoms with E-state index in [2.05, 4.69) is 26.2 Å². The number of benzene rings is 1. The predicted octanol–water partition coefficient (Wildman–Crippen LogP) is 3.82. The Morgan fingerprint density at radius 2 is 2.29 bits per heavy atom. The maximum atomic E-state index is 13.6. The van der Waals surface area contributed by atoms with E-state index in [1.165, 1.54) is 17.4 Å². The van der Waals surface area contributed by atoms with Crippen molar-refractivity contribution in [1.82, 2.24) is 10.3 Å². The lowest BCUT2D eigenvalue weighted by molar-refractivity contribution is 0.630. The van der Waals surface area contributed by atoms with Crippen LogP contribution in [0.5, 0.6) is 0 Å². The van der Waals surface area contributed by atoms with Crippen molar-refractivity contribution in [2.45, 2.75) is 13.5 Å². The normalized spacial score (nSPS) is 10.8.